The maximum Gasteiger partial charge on any atom is 0.331 e. The number of hydrogen-bond donors (Lipinski definition) is 0. The molecule has 1 amide bonds. The van der Waals surface area contributed by atoms with Crippen molar-refractivity contribution in [2.75, 3.05) is 34.5 Å². The summed E-state index contributed by atoms with van der Waals surface area (Å²) in [4.78, 5) is 26.2. The van der Waals surface area contributed by atoms with Gasteiger partial charge >= 0.3 is 5.97 Å². The Kier molecular flexibility index (Phi) is 8.17. The van der Waals surface area contributed by atoms with Crippen LogP contribution in [0.3, 0.4) is 0 Å². The van der Waals surface area contributed by atoms with E-state index < -0.39 is 5.97 Å². The SMILES string of the molecule is CC[C@H]1CCCCN1C(=O)COC(=O)/C=C/c1cc(OC)c(OC)c(OC)c1. The molecule has 0 aromatic heterocycles. The molecule has 0 radical (unpaired) electrons. The van der Waals surface area contributed by atoms with Crippen molar-refractivity contribution in [1.29, 1.82) is 0 Å². The number of hydrogen-bond acceptors (Lipinski definition) is 6. The fourth-order valence-corrected chi connectivity index (χ4v) is 3.38. The zero-order valence-corrected chi connectivity index (χ0v) is 17.0. The average molecular weight is 391 g/mol. The monoisotopic (exact) mass is 391 g/mol. The molecule has 2 rings (SSSR count). The third-order valence-electron chi connectivity index (χ3n) is 4.86. The van der Waals surface area contributed by atoms with Crippen LogP contribution in [0, 0.1) is 0 Å². The van der Waals surface area contributed by atoms with E-state index in [1.807, 2.05) is 4.90 Å². The minimum atomic E-state index is -0.577. The molecule has 28 heavy (non-hydrogen) atoms. The number of benzene rings is 1. The summed E-state index contributed by atoms with van der Waals surface area (Å²) in [5, 5.41) is 0. The second-order valence-electron chi connectivity index (χ2n) is 6.54. The van der Waals surface area contributed by atoms with Crippen molar-refractivity contribution in [3.05, 3.63) is 23.8 Å². The third kappa shape index (κ3) is 5.41. The van der Waals surface area contributed by atoms with Crippen molar-refractivity contribution in [3.8, 4) is 17.2 Å². The van der Waals surface area contributed by atoms with Crippen LogP contribution in [-0.2, 0) is 14.3 Å². The van der Waals surface area contributed by atoms with E-state index in [0.717, 1.165) is 32.2 Å². The van der Waals surface area contributed by atoms with Gasteiger partial charge in [-0.1, -0.05) is 6.92 Å². The van der Waals surface area contributed by atoms with Gasteiger partial charge in [-0.2, -0.15) is 0 Å². The van der Waals surface area contributed by atoms with Gasteiger partial charge in [-0.3, -0.25) is 4.79 Å². The topological polar surface area (TPSA) is 74.3 Å². The largest absolute Gasteiger partial charge is 0.493 e. The molecule has 1 saturated heterocycles. The number of rotatable bonds is 8. The minimum absolute atomic E-state index is 0.138. The van der Waals surface area contributed by atoms with E-state index in [4.69, 9.17) is 18.9 Å². The second-order valence-corrected chi connectivity index (χ2v) is 6.54. The quantitative estimate of drug-likeness (QED) is 0.501. The summed E-state index contributed by atoms with van der Waals surface area (Å²) in [5.41, 5.74) is 0.680. The van der Waals surface area contributed by atoms with E-state index in [0.29, 0.717) is 22.8 Å². The van der Waals surface area contributed by atoms with Gasteiger partial charge < -0.3 is 23.8 Å². The molecule has 1 aliphatic heterocycles. The molecule has 7 nitrogen and oxygen atoms in total. The van der Waals surface area contributed by atoms with Gasteiger partial charge in [0.2, 0.25) is 5.75 Å². The smallest absolute Gasteiger partial charge is 0.331 e. The number of ether oxygens (including phenoxy) is 4. The minimum Gasteiger partial charge on any atom is -0.493 e. The first-order valence-electron chi connectivity index (χ1n) is 9.48. The summed E-state index contributed by atoms with van der Waals surface area (Å²) < 4.78 is 21.0. The molecular formula is C21H29NO6. The van der Waals surface area contributed by atoms with Crippen LogP contribution in [-0.4, -0.2) is 57.3 Å². The lowest BCUT2D eigenvalue weighted by Gasteiger charge is -2.35. The zero-order valence-electron chi connectivity index (χ0n) is 17.0. The van der Waals surface area contributed by atoms with Crippen LogP contribution >= 0.6 is 0 Å². The predicted molar refractivity (Wildman–Crippen MR) is 106 cm³/mol. The van der Waals surface area contributed by atoms with Crippen molar-refractivity contribution in [3.63, 3.8) is 0 Å². The molecule has 0 bridgehead atoms. The normalized spacial score (nSPS) is 16.7. The van der Waals surface area contributed by atoms with Crippen LogP contribution in [0.1, 0.15) is 38.2 Å². The molecule has 1 heterocycles. The summed E-state index contributed by atoms with van der Waals surface area (Å²) in [7, 11) is 4.57. The Balaban J connectivity index is 1.97. The Morgan fingerprint density at radius 1 is 1.11 bits per heavy atom. The number of carbonyl (C=O) groups excluding carboxylic acids is 2. The van der Waals surface area contributed by atoms with Crippen LogP contribution in [0.15, 0.2) is 18.2 Å². The van der Waals surface area contributed by atoms with Crippen LogP contribution in [0.2, 0.25) is 0 Å². The number of methoxy groups -OCH3 is 3. The zero-order chi connectivity index (χ0) is 20.5. The summed E-state index contributed by atoms with van der Waals surface area (Å²) in [6.07, 6.45) is 6.92. The molecule has 0 N–H and O–H groups in total. The molecule has 1 fully saturated rings. The molecule has 154 valence electrons. The second kappa shape index (κ2) is 10.6. The molecular weight excluding hydrogens is 362 g/mol. The van der Waals surface area contributed by atoms with Crippen LogP contribution in [0.25, 0.3) is 6.08 Å². The Bertz CT molecular complexity index is 690. The lowest BCUT2D eigenvalue weighted by atomic mass is 10.00. The number of esters is 1. The van der Waals surface area contributed by atoms with Gasteiger partial charge in [-0.15, -0.1) is 0 Å². The van der Waals surface area contributed by atoms with Gasteiger partial charge in [0.15, 0.2) is 18.1 Å². The summed E-state index contributed by atoms with van der Waals surface area (Å²) in [5.74, 6) is 0.733. The average Bonchev–Trinajstić information content (AvgIpc) is 2.74. The first-order chi connectivity index (χ1) is 13.5. The van der Waals surface area contributed by atoms with E-state index in [2.05, 4.69) is 6.92 Å². The third-order valence-corrected chi connectivity index (χ3v) is 4.86. The summed E-state index contributed by atoms with van der Waals surface area (Å²) in [6.45, 7) is 2.56. The van der Waals surface area contributed by atoms with E-state index >= 15 is 0 Å². The number of likely N-dealkylation sites (tertiary alicyclic amines) is 1. The van der Waals surface area contributed by atoms with E-state index in [1.54, 1.807) is 18.2 Å². The predicted octanol–water partition coefficient (Wildman–Crippen LogP) is 3.06. The number of carbonyl (C=O) groups is 2. The Morgan fingerprint density at radius 2 is 1.79 bits per heavy atom. The molecule has 0 aliphatic carbocycles. The fraction of sp³-hybridized carbons (Fsp3) is 0.524. The highest BCUT2D eigenvalue weighted by atomic mass is 16.5. The molecule has 1 aromatic rings. The fourth-order valence-electron chi connectivity index (χ4n) is 3.38. The van der Waals surface area contributed by atoms with Crippen molar-refractivity contribution < 1.29 is 28.5 Å². The molecule has 1 aromatic carbocycles. The first-order valence-corrected chi connectivity index (χ1v) is 9.48. The summed E-state index contributed by atoms with van der Waals surface area (Å²) in [6, 6.07) is 3.68. The van der Waals surface area contributed by atoms with E-state index in [-0.39, 0.29) is 18.6 Å². The Hall–Kier alpha value is -2.70. The highest BCUT2D eigenvalue weighted by Crippen LogP contribution is 2.38. The molecule has 1 atom stereocenters. The Labute approximate surface area is 166 Å². The van der Waals surface area contributed by atoms with E-state index in [1.165, 1.54) is 27.4 Å². The van der Waals surface area contributed by atoms with Gasteiger partial charge in [0.1, 0.15) is 0 Å². The van der Waals surface area contributed by atoms with Gasteiger partial charge in [0.05, 0.1) is 21.3 Å². The number of piperidine rings is 1. The van der Waals surface area contributed by atoms with Gasteiger partial charge in [-0.25, -0.2) is 4.79 Å². The molecule has 7 heteroatoms. The van der Waals surface area contributed by atoms with Crippen molar-refractivity contribution in [2.24, 2.45) is 0 Å². The van der Waals surface area contributed by atoms with Crippen LogP contribution < -0.4 is 14.2 Å². The maximum atomic E-state index is 12.4. The lowest BCUT2D eigenvalue weighted by Crippen LogP contribution is -2.45. The molecule has 0 saturated carbocycles. The Morgan fingerprint density at radius 3 is 2.36 bits per heavy atom. The lowest BCUT2D eigenvalue weighted by molar-refractivity contribution is -0.150. The van der Waals surface area contributed by atoms with Crippen LogP contribution in [0.4, 0.5) is 0 Å². The van der Waals surface area contributed by atoms with Gasteiger partial charge in [0.25, 0.3) is 5.91 Å². The highest BCUT2D eigenvalue weighted by Gasteiger charge is 2.25. The maximum absolute atomic E-state index is 12.4. The number of nitrogens with zero attached hydrogens (tertiary/aromatic N) is 1. The molecule has 1 aliphatic rings. The van der Waals surface area contributed by atoms with Crippen LogP contribution in [0.5, 0.6) is 17.2 Å². The molecule has 0 unspecified atom stereocenters. The van der Waals surface area contributed by atoms with E-state index in [9.17, 15) is 9.59 Å². The standard InChI is InChI=1S/C21H29NO6/c1-5-16-8-6-7-11-22(16)19(23)14-28-20(24)10-9-15-12-17(25-2)21(27-4)18(13-15)26-3/h9-10,12-13,16H,5-8,11,14H2,1-4H3/b10-9+/t16-/m0/s1. The number of amides is 1. The van der Waals surface area contributed by atoms with Crippen molar-refractivity contribution in [2.45, 2.75) is 38.6 Å². The summed E-state index contributed by atoms with van der Waals surface area (Å²) >= 11 is 0. The van der Waals surface area contributed by atoms with Crippen molar-refractivity contribution >= 4 is 18.0 Å². The van der Waals surface area contributed by atoms with Gasteiger partial charge in [0, 0.05) is 18.7 Å². The highest BCUT2D eigenvalue weighted by molar-refractivity contribution is 5.89. The molecule has 0 spiro atoms. The van der Waals surface area contributed by atoms with Gasteiger partial charge in [-0.05, 0) is 49.5 Å². The first kappa shape index (κ1) is 21.6. The van der Waals surface area contributed by atoms with Crippen molar-refractivity contribution in [1.82, 2.24) is 4.90 Å².